The van der Waals surface area contributed by atoms with Crippen LogP contribution < -0.4 is 5.32 Å². The maximum absolute atomic E-state index is 3.54. The second-order valence-corrected chi connectivity index (χ2v) is 6.15. The van der Waals surface area contributed by atoms with Gasteiger partial charge in [-0.1, -0.05) is 27.7 Å². The van der Waals surface area contributed by atoms with Crippen molar-refractivity contribution in [3.63, 3.8) is 0 Å². The number of thiophene rings is 1. The summed E-state index contributed by atoms with van der Waals surface area (Å²) in [5.74, 6) is 1.25. The van der Waals surface area contributed by atoms with Crippen LogP contribution in [-0.2, 0) is 0 Å². The lowest BCUT2D eigenvalue weighted by atomic mass is 10.1. The van der Waals surface area contributed by atoms with Gasteiger partial charge in [0, 0.05) is 21.5 Å². The molecular weight excluding hydrogens is 202 g/mol. The van der Waals surface area contributed by atoms with Gasteiger partial charge in [-0.15, -0.1) is 11.3 Å². The topological polar surface area (TPSA) is 12.0 Å². The molecule has 1 nitrogen and oxygen atoms in total. The largest absolute Gasteiger partial charge is 0.382 e. The van der Waals surface area contributed by atoms with Gasteiger partial charge in [0.1, 0.15) is 0 Å². The molecule has 0 fully saturated rings. The Labute approximate surface area is 97.9 Å². The summed E-state index contributed by atoms with van der Waals surface area (Å²) >= 11 is 1.96. The lowest BCUT2D eigenvalue weighted by molar-refractivity contribution is 0.863. The first-order valence-corrected chi connectivity index (χ1v) is 6.63. The molecule has 0 radical (unpaired) electrons. The van der Waals surface area contributed by atoms with Gasteiger partial charge in [-0.2, -0.15) is 0 Å². The van der Waals surface area contributed by atoms with Crippen LogP contribution in [0.15, 0.2) is 6.07 Å². The Morgan fingerprint density at radius 1 is 1.00 bits per heavy atom. The van der Waals surface area contributed by atoms with Gasteiger partial charge in [0.05, 0.1) is 0 Å². The zero-order chi connectivity index (χ0) is 11.6. The molecule has 1 rings (SSSR count). The Hall–Kier alpha value is -0.500. The molecular formula is C13H23NS. The van der Waals surface area contributed by atoms with Crippen molar-refractivity contribution in [2.75, 3.05) is 5.32 Å². The first-order chi connectivity index (χ1) is 6.91. The zero-order valence-electron chi connectivity index (χ0n) is 10.7. The van der Waals surface area contributed by atoms with Gasteiger partial charge >= 0.3 is 0 Å². The van der Waals surface area contributed by atoms with Crippen molar-refractivity contribution in [3.05, 3.63) is 15.8 Å². The fraction of sp³-hybridized carbons (Fsp3) is 0.692. The third-order valence-corrected chi connectivity index (χ3v) is 4.05. The van der Waals surface area contributed by atoms with E-state index < -0.39 is 0 Å². The van der Waals surface area contributed by atoms with Gasteiger partial charge in [0.2, 0.25) is 0 Å². The van der Waals surface area contributed by atoms with Gasteiger partial charge in [0.15, 0.2) is 0 Å². The van der Waals surface area contributed by atoms with Crippen LogP contribution in [-0.4, -0.2) is 6.04 Å². The average Bonchev–Trinajstić information content (AvgIpc) is 2.46. The van der Waals surface area contributed by atoms with E-state index in [0.717, 1.165) is 0 Å². The molecule has 0 aliphatic rings. The second kappa shape index (κ2) is 5.02. The van der Waals surface area contributed by atoms with E-state index in [4.69, 9.17) is 0 Å². The summed E-state index contributed by atoms with van der Waals surface area (Å²) in [6.07, 6.45) is 0. The minimum absolute atomic E-state index is 0.511. The molecule has 1 aromatic rings. The molecule has 15 heavy (non-hydrogen) atoms. The fourth-order valence-corrected chi connectivity index (χ4v) is 2.69. The van der Waals surface area contributed by atoms with Crippen molar-refractivity contribution in [2.24, 2.45) is 0 Å². The number of rotatable bonds is 4. The molecule has 0 saturated carbocycles. The number of hydrogen-bond donors (Lipinski definition) is 1. The van der Waals surface area contributed by atoms with Crippen LogP contribution in [0.4, 0.5) is 5.69 Å². The fourth-order valence-electron chi connectivity index (χ4n) is 1.56. The van der Waals surface area contributed by atoms with E-state index in [1.54, 1.807) is 0 Å². The van der Waals surface area contributed by atoms with Crippen molar-refractivity contribution >= 4 is 17.0 Å². The summed E-state index contributed by atoms with van der Waals surface area (Å²) in [5.41, 5.74) is 1.34. The van der Waals surface area contributed by atoms with E-state index in [1.807, 2.05) is 11.3 Å². The van der Waals surface area contributed by atoms with E-state index in [2.05, 4.69) is 52.9 Å². The van der Waals surface area contributed by atoms with E-state index in [1.165, 1.54) is 15.4 Å². The highest BCUT2D eigenvalue weighted by Crippen LogP contribution is 2.37. The third-order valence-electron chi connectivity index (χ3n) is 2.32. The normalized spacial score (nSPS) is 11.8. The minimum atomic E-state index is 0.511. The predicted octanol–water partition coefficient (Wildman–Crippen LogP) is 4.82. The van der Waals surface area contributed by atoms with Crippen molar-refractivity contribution in [3.8, 4) is 0 Å². The first kappa shape index (κ1) is 12.6. The highest BCUT2D eigenvalue weighted by atomic mass is 32.1. The molecule has 0 bridgehead atoms. The Morgan fingerprint density at radius 3 is 2.00 bits per heavy atom. The Morgan fingerprint density at radius 2 is 1.60 bits per heavy atom. The highest BCUT2D eigenvalue weighted by Gasteiger charge is 2.14. The van der Waals surface area contributed by atoms with Crippen LogP contribution in [0.2, 0.25) is 0 Å². The molecule has 0 atom stereocenters. The average molecular weight is 225 g/mol. The number of nitrogens with one attached hydrogen (secondary N) is 1. The smallest absolute Gasteiger partial charge is 0.0489 e. The molecule has 2 heteroatoms. The molecule has 0 saturated heterocycles. The molecule has 1 heterocycles. The molecule has 0 aliphatic carbocycles. The van der Waals surface area contributed by atoms with E-state index in [0.29, 0.717) is 17.9 Å². The van der Waals surface area contributed by atoms with E-state index in [-0.39, 0.29) is 0 Å². The minimum Gasteiger partial charge on any atom is -0.382 e. The lowest BCUT2D eigenvalue weighted by Crippen LogP contribution is -2.10. The number of hydrogen-bond acceptors (Lipinski definition) is 2. The van der Waals surface area contributed by atoms with Crippen LogP contribution in [0, 0.1) is 0 Å². The first-order valence-electron chi connectivity index (χ1n) is 5.82. The van der Waals surface area contributed by atoms with Crippen LogP contribution in [0.25, 0.3) is 0 Å². The third kappa shape index (κ3) is 3.23. The van der Waals surface area contributed by atoms with Crippen molar-refractivity contribution in [2.45, 2.75) is 59.4 Å². The molecule has 0 unspecified atom stereocenters. The maximum atomic E-state index is 3.54. The standard InChI is InChI=1S/C13H23NS/c1-8(2)12-7-11(14-10(5)6)13(15-12)9(3)4/h7-10,14H,1-6H3. The molecule has 0 aliphatic heterocycles. The number of anilines is 1. The maximum Gasteiger partial charge on any atom is 0.0489 e. The van der Waals surface area contributed by atoms with Crippen LogP contribution in [0.3, 0.4) is 0 Å². The van der Waals surface area contributed by atoms with Crippen molar-refractivity contribution < 1.29 is 0 Å². The van der Waals surface area contributed by atoms with Gasteiger partial charge in [0.25, 0.3) is 0 Å². The van der Waals surface area contributed by atoms with Gasteiger partial charge < -0.3 is 5.32 Å². The molecule has 86 valence electrons. The van der Waals surface area contributed by atoms with Gasteiger partial charge in [-0.25, -0.2) is 0 Å². The second-order valence-electron chi connectivity index (χ2n) is 5.04. The van der Waals surface area contributed by atoms with Crippen molar-refractivity contribution in [1.82, 2.24) is 0 Å². The van der Waals surface area contributed by atoms with Crippen LogP contribution >= 0.6 is 11.3 Å². The predicted molar refractivity (Wildman–Crippen MR) is 71.3 cm³/mol. The van der Waals surface area contributed by atoms with Crippen LogP contribution in [0.5, 0.6) is 0 Å². The molecule has 1 N–H and O–H groups in total. The summed E-state index contributed by atoms with van der Waals surface area (Å²) in [4.78, 5) is 2.98. The van der Waals surface area contributed by atoms with Gasteiger partial charge in [-0.3, -0.25) is 0 Å². The summed E-state index contributed by atoms with van der Waals surface area (Å²) in [6, 6.07) is 2.84. The zero-order valence-corrected chi connectivity index (χ0v) is 11.5. The monoisotopic (exact) mass is 225 g/mol. The SMILES string of the molecule is CC(C)Nc1cc(C(C)C)sc1C(C)C. The van der Waals surface area contributed by atoms with E-state index in [9.17, 15) is 0 Å². The van der Waals surface area contributed by atoms with Gasteiger partial charge in [-0.05, 0) is 31.7 Å². The van der Waals surface area contributed by atoms with E-state index >= 15 is 0 Å². The highest BCUT2D eigenvalue weighted by molar-refractivity contribution is 7.12. The summed E-state index contributed by atoms with van der Waals surface area (Å²) < 4.78 is 0. The molecule has 1 aromatic heterocycles. The Bertz CT molecular complexity index is 310. The Kier molecular flexibility index (Phi) is 4.21. The summed E-state index contributed by atoms with van der Waals surface area (Å²) in [5, 5.41) is 3.54. The lowest BCUT2D eigenvalue weighted by Gasteiger charge is -2.12. The summed E-state index contributed by atoms with van der Waals surface area (Å²) in [7, 11) is 0. The molecule has 0 aromatic carbocycles. The quantitative estimate of drug-likeness (QED) is 0.775. The molecule has 0 amide bonds. The van der Waals surface area contributed by atoms with Crippen molar-refractivity contribution in [1.29, 1.82) is 0 Å². The van der Waals surface area contributed by atoms with Crippen LogP contribution in [0.1, 0.15) is 63.1 Å². The Balaban J connectivity index is 3.00. The summed E-state index contributed by atoms with van der Waals surface area (Å²) in [6.45, 7) is 13.4. The molecule has 0 spiro atoms.